The highest BCUT2D eigenvalue weighted by Crippen LogP contribution is 2.31. The topological polar surface area (TPSA) is 79.4 Å². The first kappa shape index (κ1) is 20.2. The molecule has 28 heavy (non-hydrogen) atoms. The van der Waals surface area contributed by atoms with Gasteiger partial charge in [-0.3, -0.25) is 24.3 Å². The van der Waals surface area contributed by atoms with Crippen molar-refractivity contribution in [2.75, 3.05) is 13.1 Å². The normalized spacial score (nSPS) is 16.5. The minimum Gasteiger partial charge on any atom is -0.353 e. The van der Waals surface area contributed by atoms with Crippen molar-refractivity contribution in [1.29, 1.82) is 0 Å². The Morgan fingerprint density at radius 1 is 1.25 bits per heavy atom. The molecule has 1 unspecified atom stereocenters. The van der Waals surface area contributed by atoms with Crippen molar-refractivity contribution in [2.24, 2.45) is 0 Å². The summed E-state index contributed by atoms with van der Waals surface area (Å²) in [6.45, 7) is 2.18. The second-order valence-electron chi connectivity index (χ2n) is 5.98. The summed E-state index contributed by atoms with van der Waals surface area (Å²) in [5.74, 6) is -0.480. The molecule has 3 rings (SSSR count). The smallest absolute Gasteiger partial charge is 0.293 e. The van der Waals surface area contributed by atoms with E-state index in [9.17, 15) is 14.4 Å². The minimum absolute atomic E-state index is 0.133. The number of benzene rings is 1. The number of hydrogen-bond donors (Lipinski definition) is 1. The fourth-order valence-electron chi connectivity index (χ4n) is 2.50. The van der Waals surface area contributed by atoms with Gasteiger partial charge in [-0.05, 0) is 48.5 Å². The summed E-state index contributed by atoms with van der Waals surface area (Å²) in [5, 5.41) is 2.18. The quantitative estimate of drug-likeness (QED) is 0.554. The van der Waals surface area contributed by atoms with Crippen LogP contribution in [0.25, 0.3) is 6.08 Å². The molecule has 1 N–H and O–H groups in total. The molecule has 8 heteroatoms. The number of carbonyl (C=O) groups is 3. The van der Waals surface area contributed by atoms with Gasteiger partial charge >= 0.3 is 0 Å². The van der Waals surface area contributed by atoms with E-state index in [4.69, 9.17) is 0 Å². The maximum absolute atomic E-state index is 12.4. The van der Waals surface area contributed by atoms with Gasteiger partial charge in [-0.25, -0.2) is 0 Å². The molecule has 3 amide bonds. The first-order valence-electron chi connectivity index (χ1n) is 8.69. The van der Waals surface area contributed by atoms with Crippen LogP contribution in [0.2, 0.25) is 0 Å². The van der Waals surface area contributed by atoms with Crippen molar-refractivity contribution in [3.63, 3.8) is 0 Å². The fourth-order valence-corrected chi connectivity index (χ4v) is 4.27. The van der Waals surface area contributed by atoms with E-state index < -0.39 is 0 Å². The van der Waals surface area contributed by atoms with Gasteiger partial charge in [-0.2, -0.15) is 0 Å². The molecule has 1 atom stereocenters. The summed E-state index contributed by atoms with van der Waals surface area (Å²) in [7, 11) is 0. The van der Waals surface area contributed by atoms with Gasteiger partial charge in [0.15, 0.2) is 0 Å². The lowest BCUT2D eigenvalue weighted by atomic mass is 10.2. The Bertz CT molecular complexity index is 888. The van der Waals surface area contributed by atoms with Crippen molar-refractivity contribution in [3.05, 3.63) is 65.3 Å². The second kappa shape index (κ2) is 9.57. The predicted octanol–water partition coefficient (Wildman–Crippen LogP) is 3.41. The third-order valence-corrected chi connectivity index (χ3v) is 5.94. The van der Waals surface area contributed by atoms with E-state index >= 15 is 0 Å². The summed E-state index contributed by atoms with van der Waals surface area (Å²) in [6.07, 6.45) is 4.91. The number of hydrogen-bond acceptors (Lipinski definition) is 6. The third-order valence-electron chi connectivity index (χ3n) is 3.92. The fraction of sp³-hybridized carbons (Fsp3) is 0.200. The van der Waals surface area contributed by atoms with E-state index in [2.05, 4.69) is 10.3 Å². The van der Waals surface area contributed by atoms with Crippen LogP contribution >= 0.6 is 23.5 Å². The maximum atomic E-state index is 12.4. The molecule has 0 radical (unpaired) electrons. The number of aromatic nitrogens is 1. The van der Waals surface area contributed by atoms with E-state index in [0.717, 1.165) is 27.1 Å². The van der Waals surface area contributed by atoms with Gasteiger partial charge in [0.25, 0.3) is 11.1 Å². The molecule has 1 aromatic heterocycles. The zero-order chi connectivity index (χ0) is 19.9. The van der Waals surface area contributed by atoms with Crippen LogP contribution in [0.1, 0.15) is 12.5 Å². The minimum atomic E-state index is -0.347. The Balaban J connectivity index is 1.50. The van der Waals surface area contributed by atoms with Gasteiger partial charge < -0.3 is 5.32 Å². The molecule has 1 fully saturated rings. The maximum Gasteiger partial charge on any atom is 0.293 e. The first-order valence-corrected chi connectivity index (χ1v) is 10.4. The number of nitrogens with zero attached hydrogens (tertiary/aromatic N) is 2. The van der Waals surface area contributed by atoms with E-state index in [1.165, 1.54) is 11.8 Å². The number of thioether (sulfide) groups is 2. The van der Waals surface area contributed by atoms with Gasteiger partial charge in [0.05, 0.1) is 10.2 Å². The highest BCUT2D eigenvalue weighted by molar-refractivity contribution is 8.18. The summed E-state index contributed by atoms with van der Waals surface area (Å²) >= 11 is 2.36. The van der Waals surface area contributed by atoms with Crippen molar-refractivity contribution in [1.82, 2.24) is 15.2 Å². The highest BCUT2D eigenvalue weighted by atomic mass is 32.2. The van der Waals surface area contributed by atoms with Gasteiger partial charge in [0.1, 0.15) is 0 Å². The molecule has 0 saturated carbocycles. The average Bonchev–Trinajstić information content (AvgIpc) is 2.96. The first-order chi connectivity index (χ1) is 13.5. The summed E-state index contributed by atoms with van der Waals surface area (Å²) < 4.78 is 0. The molecule has 1 aliphatic heterocycles. The van der Waals surface area contributed by atoms with Gasteiger partial charge in [-0.15, -0.1) is 11.8 Å². The van der Waals surface area contributed by atoms with Crippen LogP contribution in [-0.4, -0.2) is 45.3 Å². The summed E-state index contributed by atoms with van der Waals surface area (Å²) in [6, 6.07) is 13.2. The van der Waals surface area contributed by atoms with Crippen LogP contribution in [0.4, 0.5) is 4.79 Å². The molecule has 2 aromatic rings. The van der Waals surface area contributed by atoms with Gasteiger partial charge in [0.2, 0.25) is 5.91 Å². The van der Waals surface area contributed by atoms with Crippen LogP contribution in [0, 0.1) is 0 Å². The zero-order valence-electron chi connectivity index (χ0n) is 15.2. The number of rotatable bonds is 7. The molecule has 1 saturated heterocycles. The molecule has 0 spiro atoms. The van der Waals surface area contributed by atoms with E-state index in [1.807, 2.05) is 43.3 Å². The Morgan fingerprint density at radius 2 is 2.04 bits per heavy atom. The number of imide groups is 1. The van der Waals surface area contributed by atoms with Crippen molar-refractivity contribution >= 4 is 46.7 Å². The van der Waals surface area contributed by atoms with E-state index in [1.54, 1.807) is 24.5 Å². The van der Waals surface area contributed by atoms with Crippen LogP contribution in [0.5, 0.6) is 0 Å². The Kier molecular flexibility index (Phi) is 6.89. The lowest BCUT2D eigenvalue weighted by Crippen LogP contribution is -2.39. The van der Waals surface area contributed by atoms with E-state index in [0.29, 0.717) is 4.91 Å². The van der Waals surface area contributed by atoms with Gasteiger partial charge in [0, 0.05) is 30.4 Å². The van der Waals surface area contributed by atoms with Crippen molar-refractivity contribution < 1.29 is 14.4 Å². The van der Waals surface area contributed by atoms with Crippen molar-refractivity contribution in [2.45, 2.75) is 17.1 Å². The zero-order valence-corrected chi connectivity index (χ0v) is 16.8. The monoisotopic (exact) mass is 413 g/mol. The standard InChI is InChI=1S/C20H19N3O3S2/c1-14(27-16-7-3-2-4-8-16)18(24)22-10-11-23-19(25)17(28-20(23)26)12-15-6-5-9-21-13-15/h2-9,12-14H,10-11H2,1H3,(H,22,24). The Hall–Kier alpha value is -2.58. The molecular formula is C20H19N3O3S2. The predicted molar refractivity (Wildman–Crippen MR) is 112 cm³/mol. The summed E-state index contributed by atoms with van der Waals surface area (Å²) in [4.78, 5) is 43.3. The van der Waals surface area contributed by atoms with Crippen LogP contribution < -0.4 is 5.32 Å². The molecular weight excluding hydrogens is 394 g/mol. The molecule has 0 bridgehead atoms. The van der Waals surface area contributed by atoms with Gasteiger partial charge in [-0.1, -0.05) is 24.3 Å². The van der Waals surface area contributed by atoms with Crippen LogP contribution in [-0.2, 0) is 9.59 Å². The second-order valence-corrected chi connectivity index (χ2v) is 8.39. The lowest BCUT2D eigenvalue weighted by Gasteiger charge is -2.15. The number of pyridine rings is 1. The number of amides is 3. The van der Waals surface area contributed by atoms with Crippen LogP contribution in [0.15, 0.2) is 64.7 Å². The Labute approximate surface area is 171 Å². The molecule has 2 heterocycles. The largest absolute Gasteiger partial charge is 0.353 e. The molecule has 1 aliphatic rings. The average molecular weight is 414 g/mol. The summed E-state index contributed by atoms with van der Waals surface area (Å²) in [5.41, 5.74) is 0.757. The molecule has 144 valence electrons. The third kappa shape index (κ3) is 5.24. The van der Waals surface area contributed by atoms with E-state index in [-0.39, 0.29) is 35.4 Å². The highest BCUT2D eigenvalue weighted by Gasteiger charge is 2.34. The molecule has 1 aromatic carbocycles. The van der Waals surface area contributed by atoms with Crippen LogP contribution in [0.3, 0.4) is 0 Å². The van der Waals surface area contributed by atoms with Crippen molar-refractivity contribution in [3.8, 4) is 0 Å². The number of nitrogens with one attached hydrogen (secondary N) is 1. The Morgan fingerprint density at radius 3 is 2.75 bits per heavy atom. The number of carbonyl (C=O) groups excluding carboxylic acids is 3. The lowest BCUT2D eigenvalue weighted by molar-refractivity contribution is -0.124. The molecule has 6 nitrogen and oxygen atoms in total. The molecule has 0 aliphatic carbocycles. The SMILES string of the molecule is CC(Sc1ccccc1)C(=O)NCCN1C(=O)SC(=Cc2cccnc2)C1=O.